The Hall–Kier alpha value is -3.28. The maximum absolute atomic E-state index is 13.1. The van der Waals surface area contributed by atoms with Gasteiger partial charge < -0.3 is 25.4 Å². The van der Waals surface area contributed by atoms with Crippen molar-refractivity contribution in [3.8, 4) is 11.8 Å². The molecular formula is C22H32N4O5. The van der Waals surface area contributed by atoms with Crippen LogP contribution in [0.15, 0.2) is 24.3 Å². The first-order valence-corrected chi connectivity index (χ1v) is 10.2. The van der Waals surface area contributed by atoms with Gasteiger partial charge >= 0.3 is 6.09 Å². The summed E-state index contributed by atoms with van der Waals surface area (Å²) in [5.41, 5.74) is -0.398. The Labute approximate surface area is 183 Å². The summed E-state index contributed by atoms with van der Waals surface area (Å²) in [5.74, 6) is -1.19. The number of nitrogens with zero attached hydrogens (tertiary/aromatic N) is 2. The van der Waals surface area contributed by atoms with Gasteiger partial charge in [0.05, 0.1) is 6.07 Å². The predicted molar refractivity (Wildman–Crippen MR) is 115 cm³/mol. The summed E-state index contributed by atoms with van der Waals surface area (Å²) >= 11 is 0. The SMILES string of the molecule is CCCCNC(=O)C(c1cccc(O)c1)N(CC#N)C(=O)C(C)NC(=O)OC(C)(C)C. The summed E-state index contributed by atoms with van der Waals surface area (Å²) < 4.78 is 5.17. The average Bonchev–Trinajstić information content (AvgIpc) is 2.65. The van der Waals surface area contributed by atoms with E-state index in [4.69, 9.17) is 4.74 Å². The number of amides is 3. The minimum absolute atomic E-state index is 0.0758. The topological polar surface area (TPSA) is 132 Å². The van der Waals surface area contributed by atoms with Crippen LogP contribution in [-0.4, -0.2) is 52.6 Å². The minimum atomic E-state index is -1.15. The van der Waals surface area contributed by atoms with Gasteiger partial charge in [-0.1, -0.05) is 25.5 Å². The van der Waals surface area contributed by atoms with Gasteiger partial charge in [-0.05, 0) is 51.8 Å². The molecule has 0 aromatic heterocycles. The molecule has 2 unspecified atom stereocenters. The van der Waals surface area contributed by atoms with Crippen LogP contribution in [-0.2, 0) is 14.3 Å². The van der Waals surface area contributed by atoms with E-state index in [0.29, 0.717) is 12.1 Å². The van der Waals surface area contributed by atoms with Crippen molar-refractivity contribution in [1.82, 2.24) is 15.5 Å². The lowest BCUT2D eigenvalue weighted by Gasteiger charge is -2.32. The van der Waals surface area contributed by atoms with Crippen LogP contribution in [0.25, 0.3) is 0 Å². The largest absolute Gasteiger partial charge is 0.508 e. The third-order valence-corrected chi connectivity index (χ3v) is 4.20. The van der Waals surface area contributed by atoms with E-state index < -0.39 is 35.6 Å². The van der Waals surface area contributed by atoms with E-state index in [-0.39, 0.29) is 12.3 Å². The molecule has 3 N–H and O–H groups in total. The number of alkyl carbamates (subject to hydrolysis) is 1. The van der Waals surface area contributed by atoms with E-state index in [1.165, 1.54) is 19.1 Å². The molecule has 9 heteroatoms. The lowest BCUT2D eigenvalue weighted by atomic mass is 10.0. The summed E-state index contributed by atoms with van der Waals surface area (Å²) in [7, 11) is 0. The normalized spacial score (nSPS) is 12.8. The zero-order valence-electron chi connectivity index (χ0n) is 18.8. The molecule has 0 spiro atoms. The molecule has 1 aromatic rings. The average molecular weight is 433 g/mol. The lowest BCUT2D eigenvalue weighted by Crippen LogP contribution is -2.52. The fraction of sp³-hybridized carbons (Fsp3) is 0.545. The van der Waals surface area contributed by atoms with E-state index >= 15 is 0 Å². The number of phenolic OH excluding ortho intramolecular Hbond substituents is 1. The van der Waals surface area contributed by atoms with Crippen LogP contribution < -0.4 is 10.6 Å². The molecule has 3 amide bonds. The minimum Gasteiger partial charge on any atom is -0.508 e. The van der Waals surface area contributed by atoms with Gasteiger partial charge in [-0.25, -0.2) is 4.79 Å². The van der Waals surface area contributed by atoms with Gasteiger partial charge in [0, 0.05) is 6.54 Å². The molecule has 0 radical (unpaired) electrons. The third-order valence-electron chi connectivity index (χ3n) is 4.20. The van der Waals surface area contributed by atoms with Crippen LogP contribution in [0.3, 0.4) is 0 Å². The number of aromatic hydroxyl groups is 1. The second kappa shape index (κ2) is 11.8. The fourth-order valence-corrected chi connectivity index (χ4v) is 2.82. The Kier molecular flexibility index (Phi) is 9.80. The maximum atomic E-state index is 13.1. The van der Waals surface area contributed by atoms with Gasteiger partial charge in [0.25, 0.3) is 0 Å². The van der Waals surface area contributed by atoms with Crippen LogP contribution in [0, 0.1) is 11.3 Å². The molecule has 1 rings (SSSR count). The second-order valence-corrected chi connectivity index (χ2v) is 8.13. The van der Waals surface area contributed by atoms with Gasteiger partial charge in [0.1, 0.15) is 30.0 Å². The molecule has 0 bridgehead atoms. The summed E-state index contributed by atoms with van der Waals surface area (Å²) in [6.07, 6.45) is 0.835. The number of unbranched alkanes of at least 4 members (excludes halogenated alkanes) is 1. The molecule has 0 saturated carbocycles. The Morgan fingerprint density at radius 1 is 1.29 bits per heavy atom. The van der Waals surface area contributed by atoms with E-state index in [0.717, 1.165) is 17.7 Å². The molecule has 9 nitrogen and oxygen atoms in total. The fourth-order valence-electron chi connectivity index (χ4n) is 2.82. The smallest absolute Gasteiger partial charge is 0.408 e. The number of benzene rings is 1. The highest BCUT2D eigenvalue weighted by Crippen LogP contribution is 2.25. The Bertz CT molecular complexity index is 813. The Balaban J connectivity index is 3.19. The molecule has 2 atom stereocenters. The number of phenols is 1. The molecule has 170 valence electrons. The number of nitrogens with one attached hydrogen (secondary N) is 2. The molecular weight excluding hydrogens is 400 g/mol. The number of hydrogen-bond acceptors (Lipinski definition) is 6. The lowest BCUT2D eigenvalue weighted by molar-refractivity contribution is -0.141. The first-order valence-electron chi connectivity index (χ1n) is 10.2. The van der Waals surface area contributed by atoms with Gasteiger partial charge in [-0.3, -0.25) is 9.59 Å². The molecule has 0 aliphatic heterocycles. The highest BCUT2D eigenvalue weighted by Gasteiger charge is 2.34. The van der Waals surface area contributed by atoms with Crippen LogP contribution in [0.1, 0.15) is 59.1 Å². The van der Waals surface area contributed by atoms with Gasteiger partial charge in [-0.15, -0.1) is 0 Å². The zero-order valence-corrected chi connectivity index (χ0v) is 18.8. The van der Waals surface area contributed by atoms with Crippen molar-refractivity contribution in [1.29, 1.82) is 5.26 Å². The third kappa shape index (κ3) is 8.54. The van der Waals surface area contributed by atoms with Gasteiger partial charge in [-0.2, -0.15) is 5.26 Å². The van der Waals surface area contributed by atoms with Crippen molar-refractivity contribution in [2.45, 2.75) is 65.1 Å². The van der Waals surface area contributed by atoms with Crippen molar-refractivity contribution < 1.29 is 24.2 Å². The van der Waals surface area contributed by atoms with Crippen molar-refractivity contribution >= 4 is 17.9 Å². The Morgan fingerprint density at radius 2 is 1.97 bits per heavy atom. The zero-order chi connectivity index (χ0) is 23.6. The van der Waals surface area contributed by atoms with E-state index in [2.05, 4.69) is 10.6 Å². The quantitative estimate of drug-likeness (QED) is 0.406. The summed E-state index contributed by atoms with van der Waals surface area (Å²) in [5, 5.41) is 24.4. The second-order valence-electron chi connectivity index (χ2n) is 8.13. The first kappa shape index (κ1) is 25.8. The molecule has 31 heavy (non-hydrogen) atoms. The molecule has 1 aromatic carbocycles. The van der Waals surface area contributed by atoms with Crippen LogP contribution >= 0.6 is 0 Å². The predicted octanol–water partition coefficient (Wildman–Crippen LogP) is 2.61. The molecule has 0 aliphatic carbocycles. The van der Waals surface area contributed by atoms with Crippen molar-refractivity contribution in [2.24, 2.45) is 0 Å². The Morgan fingerprint density at radius 3 is 2.52 bits per heavy atom. The summed E-state index contributed by atoms with van der Waals surface area (Å²) in [4.78, 5) is 39.3. The van der Waals surface area contributed by atoms with Crippen LogP contribution in [0.2, 0.25) is 0 Å². The molecule has 0 fully saturated rings. The summed E-state index contributed by atoms with van der Waals surface area (Å²) in [6.45, 7) is 8.53. The highest BCUT2D eigenvalue weighted by atomic mass is 16.6. The molecule has 0 aliphatic rings. The van der Waals surface area contributed by atoms with Crippen molar-refractivity contribution in [3.63, 3.8) is 0 Å². The number of carbonyl (C=O) groups excluding carboxylic acids is 3. The number of hydrogen-bond donors (Lipinski definition) is 3. The van der Waals surface area contributed by atoms with Gasteiger partial charge in [0.2, 0.25) is 11.8 Å². The van der Waals surface area contributed by atoms with E-state index in [1.54, 1.807) is 32.9 Å². The van der Waals surface area contributed by atoms with Crippen LogP contribution in [0.4, 0.5) is 4.79 Å². The molecule has 0 saturated heterocycles. The molecule has 0 heterocycles. The van der Waals surface area contributed by atoms with Crippen molar-refractivity contribution in [3.05, 3.63) is 29.8 Å². The van der Waals surface area contributed by atoms with E-state index in [9.17, 15) is 24.8 Å². The first-order chi connectivity index (χ1) is 14.5. The standard InChI is InChI=1S/C22H32N4O5/c1-6-7-12-24-19(28)18(16-9-8-10-17(27)14-16)26(13-11-23)20(29)15(2)25-21(30)31-22(3,4)5/h8-10,14-15,18,27H,6-7,12-13H2,1-5H3,(H,24,28)(H,25,30). The number of ether oxygens (including phenoxy) is 1. The number of rotatable bonds is 9. The maximum Gasteiger partial charge on any atom is 0.408 e. The van der Waals surface area contributed by atoms with E-state index in [1.807, 2.05) is 13.0 Å². The number of carbonyl (C=O) groups is 3. The summed E-state index contributed by atoms with van der Waals surface area (Å²) in [6, 6.07) is 5.65. The highest BCUT2D eigenvalue weighted by molar-refractivity contribution is 5.92. The van der Waals surface area contributed by atoms with Gasteiger partial charge in [0.15, 0.2) is 0 Å². The van der Waals surface area contributed by atoms with Crippen LogP contribution in [0.5, 0.6) is 5.75 Å². The van der Waals surface area contributed by atoms with Crippen molar-refractivity contribution in [2.75, 3.05) is 13.1 Å². The number of nitriles is 1. The monoisotopic (exact) mass is 432 g/mol.